The van der Waals surface area contributed by atoms with E-state index in [4.69, 9.17) is 0 Å². The van der Waals surface area contributed by atoms with Gasteiger partial charge in [-0.2, -0.15) is 5.10 Å². The SMILES string of the molecule is Cc1nc(C)n(CCC(=O)N2CCN(C(C)C)CCCN(C(=O)C3CCCCC3)c3c(C)cccc3C2)n1. The van der Waals surface area contributed by atoms with Crippen molar-refractivity contribution in [2.45, 2.75) is 98.7 Å². The molecule has 0 saturated heterocycles. The van der Waals surface area contributed by atoms with Crippen molar-refractivity contribution in [1.29, 1.82) is 0 Å². The van der Waals surface area contributed by atoms with E-state index in [-0.39, 0.29) is 17.7 Å². The Kier molecular flexibility index (Phi) is 9.58. The molecule has 1 aromatic carbocycles. The molecule has 1 aliphatic heterocycles. The normalized spacial score (nSPS) is 18.4. The molecule has 0 N–H and O–H groups in total. The van der Waals surface area contributed by atoms with Crippen molar-refractivity contribution in [2.75, 3.05) is 31.1 Å². The number of aromatic nitrogens is 3. The van der Waals surface area contributed by atoms with Gasteiger partial charge >= 0.3 is 0 Å². The number of amides is 2. The summed E-state index contributed by atoms with van der Waals surface area (Å²) < 4.78 is 1.82. The van der Waals surface area contributed by atoms with E-state index in [0.29, 0.717) is 32.1 Å². The Labute approximate surface area is 228 Å². The number of benzene rings is 1. The predicted octanol–water partition coefficient (Wildman–Crippen LogP) is 4.65. The number of carbonyl (C=O) groups is 2. The summed E-state index contributed by atoms with van der Waals surface area (Å²) in [6.07, 6.45) is 6.77. The summed E-state index contributed by atoms with van der Waals surface area (Å²) in [6.45, 7) is 14.5. The van der Waals surface area contributed by atoms with Gasteiger partial charge in [0.1, 0.15) is 11.6 Å². The van der Waals surface area contributed by atoms with Crippen molar-refractivity contribution in [3.05, 3.63) is 41.0 Å². The second-order valence-corrected chi connectivity index (χ2v) is 11.4. The van der Waals surface area contributed by atoms with Gasteiger partial charge < -0.3 is 9.80 Å². The van der Waals surface area contributed by atoms with Gasteiger partial charge in [0.15, 0.2) is 0 Å². The molecule has 38 heavy (non-hydrogen) atoms. The van der Waals surface area contributed by atoms with Crippen LogP contribution in [0.4, 0.5) is 5.69 Å². The molecular formula is C30H46N6O2. The van der Waals surface area contributed by atoms with Crippen molar-refractivity contribution < 1.29 is 9.59 Å². The van der Waals surface area contributed by atoms with Gasteiger partial charge in [-0.1, -0.05) is 37.5 Å². The zero-order valence-corrected chi connectivity index (χ0v) is 24.1. The van der Waals surface area contributed by atoms with Crippen LogP contribution in [0, 0.1) is 26.7 Å². The van der Waals surface area contributed by atoms with Crippen LogP contribution >= 0.6 is 0 Å². The summed E-state index contributed by atoms with van der Waals surface area (Å²) in [5.41, 5.74) is 3.18. The Morgan fingerprint density at radius 3 is 2.42 bits per heavy atom. The summed E-state index contributed by atoms with van der Waals surface area (Å²) in [7, 11) is 0. The molecule has 2 aliphatic rings. The van der Waals surface area contributed by atoms with Gasteiger partial charge in [-0.3, -0.25) is 14.5 Å². The lowest BCUT2D eigenvalue weighted by Gasteiger charge is -2.33. The first-order chi connectivity index (χ1) is 18.2. The molecule has 1 fully saturated rings. The quantitative estimate of drug-likeness (QED) is 0.572. The molecule has 0 bridgehead atoms. The van der Waals surface area contributed by atoms with Crippen LogP contribution in [0.1, 0.15) is 81.6 Å². The second kappa shape index (κ2) is 12.9. The standard InChI is InChI=1S/C30H46N6O2/c1-22(2)33-16-10-17-35(30(38)26-12-7-6-8-13-26)29-23(3)11-9-14-27(29)21-34(20-19-33)28(37)15-18-36-25(5)31-24(4)32-36/h9,11,14,22,26H,6-8,10,12-13,15-21H2,1-5H3. The van der Waals surface area contributed by atoms with Crippen LogP contribution in [-0.2, 0) is 22.7 Å². The number of aryl methyl sites for hydroxylation is 4. The van der Waals surface area contributed by atoms with Crippen molar-refractivity contribution in [3.63, 3.8) is 0 Å². The molecule has 1 aliphatic carbocycles. The molecule has 0 radical (unpaired) electrons. The van der Waals surface area contributed by atoms with Crippen molar-refractivity contribution in [1.82, 2.24) is 24.6 Å². The summed E-state index contributed by atoms with van der Waals surface area (Å²) >= 11 is 0. The zero-order valence-electron chi connectivity index (χ0n) is 24.1. The van der Waals surface area contributed by atoms with Gasteiger partial charge in [0, 0.05) is 51.1 Å². The first-order valence-electron chi connectivity index (χ1n) is 14.5. The minimum absolute atomic E-state index is 0.106. The third-order valence-electron chi connectivity index (χ3n) is 8.24. The van der Waals surface area contributed by atoms with Crippen LogP contribution in [0.25, 0.3) is 0 Å². The Morgan fingerprint density at radius 1 is 0.974 bits per heavy atom. The van der Waals surface area contributed by atoms with Gasteiger partial charge in [0.05, 0.1) is 12.2 Å². The predicted molar refractivity (Wildman–Crippen MR) is 151 cm³/mol. The molecular weight excluding hydrogens is 476 g/mol. The van der Waals surface area contributed by atoms with Gasteiger partial charge in [0.25, 0.3) is 0 Å². The number of nitrogens with zero attached hydrogens (tertiary/aromatic N) is 6. The topological polar surface area (TPSA) is 74.6 Å². The van der Waals surface area contributed by atoms with Crippen molar-refractivity contribution in [3.8, 4) is 0 Å². The van der Waals surface area contributed by atoms with Gasteiger partial charge in [0.2, 0.25) is 11.8 Å². The molecule has 2 heterocycles. The molecule has 1 aromatic heterocycles. The van der Waals surface area contributed by atoms with Gasteiger partial charge in [-0.25, -0.2) is 9.67 Å². The largest absolute Gasteiger partial charge is 0.337 e. The fourth-order valence-corrected chi connectivity index (χ4v) is 6.08. The lowest BCUT2D eigenvalue weighted by molar-refractivity contribution is -0.132. The average molecular weight is 523 g/mol. The third-order valence-corrected chi connectivity index (χ3v) is 8.24. The van der Waals surface area contributed by atoms with E-state index in [1.54, 1.807) is 0 Å². The molecule has 0 atom stereocenters. The van der Waals surface area contributed by atoms with E-state index in [2.05, 4.69) is 58.9 Å². The molecule has 8 heteroatoms. The number of hydrogen-bond acceptors (Lipinski definition) is 5. The first-order valence-corrected chi connectivity index (χ1v) is 14.5. The highest BCUT2D eigenvalue weighted by Crippen LogP contribution is 2.32. The van der Waals surface area contributed by atoms with E-state index in [1.807, 2.05) is 23.4 Å². The number of rotatable bonds is 5. The highest BCUT2D eigenvalue weighted by atomic mass is 16.2. The van der Waals surface area contributed by atoms with E-state index < -0.39 is 0 Å². The maximum absolute atomic E-state index is 14.0. The molecule has 2 aromatic rings. The monoisotopic (exact) mass is 522 g/mol. The zero-order chi connectivity index (χ0) is 27.2. The average Bonchev–Trinajstić information content (AvgIpc) is 3.21. The van der Waals surface area contributed by atoms with Crippen molar-refractivity contribution in [2.24, 2.45) is 5.92 Å². The smallest absolute Gasteiger partial charge is 0.230 e. The maximum atomic E-state index is 14.0. The fourth-order valence-electron chi connectivity index (χ4n) is 6.08. The van der Waals surface area contributed by atoms with Gasteiger partial charge in [-0.05, 0) is 65.0 Å². The van der Waals surface area contributed by atoms with Crippen LogP contribution in [0.2, 0.25) is 0 Å². The first kappa shape index (κ1) is 28.3. The van der Waals surface area contributed by atoms with Crippen LogP contribution in [0.15, 0.2) is 18.2 Å². The van der Waals surface area contributed by atoms with Crippen LogP contribution < -0.4 is 4.90 Å². The number of fused-ring (bicyclic) bond motifs is 1. The van der Waals surface area contributed by atoms with Crippen LogP contribution in [-0.4, -0.2) is 68.6 Å². The highest BCUT2D eigenvalue weighted by molar-refractivity contribution is 5.96. The van der Waals surface area contributed by atoms with Crippen LogP contribution in [0.3, 0.4) is 0 Å². The summed E-state index contributed by atoms with van der Waals surface area (Å²) in [5.74, 6) is 2.04. The molecule has 2 amide bonds. The minimum Gasteiger partial charge on any atom is -0.337 e. The summed E-state index contributed by atoms with van der Waals surface area (Å²) in [5, 5.41) is 4.44. The lowest BCUT2D eigenvalue weighted by Crippen LogP contribution is -2.42. The molecule has 4 rings (SSSR count). The molecule has 208 valence electrons. The lowest BCUT2D eigenvalue weighted by atomic mass is 9.87. The van der Waals surface area contributed by atoms with Crippen molar-refractivity contribution >= 4 is 17.5 Å². The molecule has 0 spiro atoms. The van der Waals surface area contributed by atoms with E-state index >= 15 is 0 Å². The Balaban J connectivity index is 1.63. The van der Waals surface area contributed by atoms with E-state index in [1.165, 1.54) is 6.42 Å². The number of carbonyl (C=O) groups excluding carboxylic acids is 2. The minimum atomic E-state index is 0.106. The Morgan fingerprint density at radius 2 is 1.74 bits per heavy atom. The van der Waals surface area contributed by atoms with Crippen LogP contribution in [0.5, 0.6) is 0 Å². The third kappa shape index (κ3) is 6.82. The Hall–Kier alpha value is -2.74. The highest BCUT2D eigenvalue weighted by Gasteiger charge is 2.30. The second-order valence-electron chi connectivity index (χ2n) is 11.4. The maximum Gasteiger partial charge on any atom is 0.230 e. The number of anilines is 1. The summed E-state index contributed by atoms with van der Waals surface area (Å²) in [6, 6.07) is 6.64. The van der Waals surface area contributed by atoms with E-state index in [9.17, 15) is 9.59 Å². The molecule has 0 unspecified atom stereocenters. The fraction of sp³-hybridized carbons (Fsp3) is 0.667. The number of hydrogen-bond donors (Lipinski definition) is 0. The summed E-state index contributed by atoms with van der Waals surface area (Å²) in [4.78, 5) is 38.5. The van der Waals surface area contributed by atoms with E-state index in [0.717, 1.165) is 80.2 Å². The van der Waals surface area contributed by atoms with Gasteiger partial charge in [-0.15, -0.1) is 0 Å². The number of para-hydroxylation sites is 1. The molecule has 1 saturated carbocycles. The Bertz CT molecular complexity index is 1100. The molecule has 8 nitrogen and oxygen atoms in total.